The first-order valence-corrected chi connectivity index (χ1v) is 19.4. The Hall–Kier alpha value is -4.99. The number of alkyl halides is 3. The summed E-state index contributed by atoms with van der Waals surface area (Å²) in [7, 11) is 2.94. The number of nitrogens with one attached hydrogen (secondary N) is 3. The van der Waals surface area contributed by atoms with E-state index >= 15 is 0 Å². The van der Waals surface area contributed by atoms with E-state index in [2.05, 4.69) is 25.9 Å². The predicted octanol–water partition coefficient (Wildman–Crippen LogP) is 6.04. The number of nitrogens with zero attached hydrogens (tertiary/aromatic N) is 4. The topological polar surface area (TPSA) is 140 Å². The van der Waals surface area contributed by atoms with Gasteiger partial charge in [0, 0.05) is 92.0 Å². The van der Waals surface area contributed by atoms with Gasteiger partial charge in [0.2, 0.25) is 29.5 Å². The molecule has 0 saturated carbocycles. The minimum Gasteiger partial charge on any atom is -0.481 e. The van der Waals surface area contributed by atoms with Crippen molar-refractivity contribution in [3.63, 3.8) is 0 Å². The Labute approximate surface area is 332 Å². The summed E-state index contributed by atoms with van der Waals surface area (Å²) in [5.41, 5.74) is 4.11. The molecule has 1 aromatic carbocycles. The Kier molecular flexibility index (Phi) is 10.7. The van der Waals surface area contributed by atoms with Gasteiger partial charge in [0.15, 0.2) is 0 Å². The highest BCUT2D eigenvalue weighted by Crippen LogP contribution is 2.45. The molecule has 8 rings (SSSR count). The first-order valence-electron chi connectivity index (χ1n) is 19.1. The van der Waals surface area contributed by atoms with Gasteiger partial charge in [-0.2, -0.15) is 18.2 Å². The van der Waals surface area contributed by atoms with Gasteiger partial charge in [-0.1, -0.05) is 35.9 Å². The van der Waals surface area contributed by atoms with Crippen LogP contribution in [0.1, 0.15) is 66.0 Å². The molecule has 3 saturated heterocycles. The number of rotatable bonds is 12. The minimum atomic E-state index is -4.74. The molecule has 1 spiro atoms. The highest BCUT2D eigenvalue weighted by Gasteiger charge is 2.48. The lowest BCUT2D eigenvalue weighted by molar-refractivity contribution is -0.140. The molecule has 16 heteroatoms. The lowest BCUT2D eigenvalue weighted by atomic mass is 9.79. The van der Waals surface area contributed by atoms with Gasteiger partial charge in [-0.3, -0.25) is 19.5 Å². The molecule has 0 radical (unpaired) electrons. The second-order valence-electron chi connectivity index (χ2n) is 15.3. The summed E-state index contributed by atoms with van der Waals surface area (Å²) in [6, 6.07) is 12.3. The SMILES string of the molecule is COc1nc(-c2ccnc(-c3cccc4c3CCC[C@H]4Oc3nc(OC)c(CN4CC5(CNC(=O)C5)C4)cc3C(F)(F)F)c2Cl)ccc1CNC[C@H]1CCC(=O)N1. The van der Waals surface area contributed by atoms with Gasteiger partial charge in [-0.15, -0.1) is 0 Å². The molecular weight excluding hydrogens is 763 g/mol. The molecule has 1 aliphatic carbocycles. The summed E-state index contributed by atoms with van der Waals surface area (Å²) in [5, 5.41) is 9.54. The molecule has 3 aromatic heterocycles. The van der Waals surface area contributed by atoms with Gasteiger partial charge < -0.3 is 30.2 Å². The van der Waals surface area contributed by atoms with Crippen molar-refractivity contribution in [2.75, 3.05) is 40.4 Å². The number of fused-ring (bicyclic) bond motifs is 1. The van der Waals surface area contributed by atoms with Crippen molar-refractivity contribution in [3.05, 3.63) is 81.5 Å². The van der Waals surface area contributed by atoms with Crippen molar-refractivity contribution in [3.8, 4) is 40.2 Å². The zero-order chi connectivity index (χ0) is 39.9. The second-order valence-corrected chi connectivity index (χ2v) is 15.7. The summed E-state index contributed by atoms with van der Waals surface area (Å²) in [6.07, 6.45) is -0.279. The van der Waals surface area contributed by atoms with Crippen LogP contribution in [0.5, 0.6) is 17.6 Å². The average Bonchev–Trinajstić information content (AvgIpc) is 3.79. The maximum atomic E-state index is 14.7. The summed E-state index contributed by atoms with van der Waals surface area (Å²) >= 11 is 7.11. The van der Waals surface area contributed by atoms with Crippen LogP contribution in [0.25, 0.3) is 22.5 Å². The third-order valence-electron chi connectivity index (χ3n) is 11.3. The maximum absolute atomic E-state index is 14.7. The Morgan fingerprint density at radius 1 is 0.965 bits per heavy atom. The Morgan fingerprint density at radius 3 is 2.49 bits per heavy atom. The molecule has 4 aliphatic rings. The van der Waals surface area contributed by atoms with Gasteiger partial charge in [0.05, 0.1) is 30.6 Å². The highest BCUT2D eigenvalue weighted by atomic mass is 35.5. The molecule has 300 valence electrons. The van der Waals surface area contributed by atoms with E-state index in [1.165, 1.54) is 7.11 Å². The first kappa shape index (κ1) is 38.9. The van der Waals surface area contributed by atoms with Crippen LogP contribution in [0, 0.1) is 5.41 Å². The lowest BCUT2D eigenvalue weighted by Crippen LogP contribution is -2.56. The molecule has 3 fully saturated rings. The van der Waals surface area contributed by atoms with Gasteiger partial charge in [-0.05, 0) is 55.0 Å². The number of hydrogen-bond donors (Lipinski definition) is 3. The fourth-order valence-electron chi connectivity index (χ4n) is 8.59. The number of likely N-dealkylation sites (tertiary alicyclic amines) is 1. The van der Waals surface area contributed by atoms with Crippen LogP contribution in [0.3, 0.4) is 0 Å². The van der Waals surface area contributed by atoms with Crippen LogP contribution in [-0.2, 0) is 35.3 Å². The maximum Gasteiger partial charge on any atom is 0.421 e. The number of benzene rings is 1. The van der Waals surface area contributed by atoms with E-state index in [9.17, 15) is 22.8 Å². The van der Waals surface area contributed by atoms with Crippen molar-refractivity contribution in [2.45, 2.75) is 69.9 Å². The standard InChI is InChI=1S/C41H43ClF3N7O5/c1-55-37-23(17-46-18-25-10-12-33(53)49-25)9-11-31(50-37)29-13-14-47-36(35(29)42)28-7-3-6-27-26(28)5-4-8-32(27)57-39-30(41(43,44)45)15-24(38(51-39)56-2)19-52-21-40(22-52)16-34(54)48-20-40/h3,6-7,9,11,13-15,25,32,46H,4-5,8,10,12,16-22H2,1-2H3,(H,48,54)(H,49,53)/t25-,32-/m1/s1. The van der Waals surface area contributed by atoms with Gasteiger partial charge in [0.25, 0.3) is 0 Å². The number of carbonyl (C=O) groups is 2. The molecule has 6 heterocycles. The van der Waals surface area contributed by atoms with Crippen LogP contribution >= 0.6 is 11.6 Å². The average molecular weight is 806 g/mol. The molecule has 0 unspecified atom stereocenters. The van der Waals surface area contributed by atoms with Crippen molar-refractivity contribution < 1.29 is 37.0 Å². The molecule has 2 atom stereocenters. The predicted molar refractivity (Wildman–Crippen MR) is 205 cm³/mol. The van der Waals surface area contributed by atoms with E-state index in [4.69, 9.17) is 30.8 Å². The van der Waals surface area contributed by atoms with Crippen LogP contribution in [0.4, 0.5) is 13.2 Å². The fourth-order valence-corrected chi connectivity index (χ4v) is 8.90. The van der Waals surface area contributed by atoms with E-state index in [1.54, 1.807) is 19.4 Å². The Balaban J connectivity index is 1.03. The number of carbonyl (C=O) groups excluding carboxylic acids is 2. The number of pyridine rings is 3. The minimum absolute atomic E-state index is 0.00249. The van der Waals surface area contributed by atoms with E-state index < -0.39 is 23.7 Å². The normalized spacial score (nSPS) is 20.2. The Bertz CT molecular complexity index is 2200. The molecule has 3 N–H and O–H groups in total. The molecule has 12 nitrogen and oxygen atoms in total. The third-order valence-corrected chi connectivity index (χ3v) is 11.7. The van der Waals surface area contributed by atoms with Crippen LogP contribution in [0.15, 0.2) is 48.7 Å². The summed E-state index contributed by atoms with van der Waals surface area (Å²) in [4.78, 5) is 39.1. The van der Waals surface area contributed by atoms with Crippen molar-refractivity contribution in [1.29, 1.82) is 0 Å². The summed E-state index contributed by atoms with van der Waals surface area (Å²) < 4.78 is 61.3. The quantitative estimate of drug-likeness (QED) is 0.155. The third kappa shape index (κ3) is 7.97. The van der Waals surface area contributed by atoms with Gasteiger partial charge >= 0.3 is 6.18 Å². The number of ether oxygens (including phenoxy) is 3. The van der Waals surface area contributed by atoms with E-state index in [-0.39, 0.29) is 35.7 Å². The summed E-state index contributed by atoms with van der Waals surface area (Å²) in [5.74, 6) is 0.0198. The summed E-state index contributed by atoms with van der Waals surface area (Å²) in [6.45, 7) is 3.08. The number of hydrogen-bond acceptors (Lipinski definition) is 10. The first-order chi connectivity index (χ1) is 27.4. The van der Waals surface area contributed by atoms with E-state index in [0.29, 0.717) is 98.2 Å². The zero-order valence-corrected chi connectivity index (χ0v) is 32.4. The Morgan fingerprint density at radius 2 is 1.77 bits per heavy atom. The molecule has 57 heavy (non-hydrogen) atoms. The molecule has 4 aromatic rings. The molecule has 2 amide bonds. The van der Waals surface area contributed by atoms with Crippen molar-refractivity contribution >= 4 is 23.4 Å². The number of aromatic nitrogens is 3. The second kappa shape index (κ2) is 15.7. The monoisotopic (exact) mass is 805 g/mol. The van der Waals surface area contributed by atoms with Crippen LogP contribution < -0.4 is 30.2 Å². The zero-order valence-electron chi connectivity index (χ0n) is 31.6. The van der Waals surface area contributed by atoms with Crippen LogP contribution in [0.2, 0.25) is 5.02 Å². The number of methoxy groups -OCH3 is 2. The highest BCUT2D eigenvalue weighted by molar-refractivity contribution is 6.35. The largest absolute Gasteiger partial charge is 0.481 e. The van der Waals surface area contributed by atoms with E-state index in [0.717, 1.165) is 34.7 Å². The molecule has 3 aliphatic heterocycles. The van der Waals surface area contributed by atoms with E-state index in [1.807, 2.05) is 35.2 Å². The van der Waals surface area contributed by atoms with Gasteiger partial charge in [-0.25, -0.2) is 4.98 Å². The van der Waals surface area contributed by atoms with Crippen molar-refractivity contribution in [2.24, 2.45) is 5.41 Å². The van der Waals surface area contributed by atoms with Crippen molar-refractivity contribution in [1.82, 2.24) is 35.8 Å². The fraction of sp³-hybridized carbons (Fsp3) is 0.439. The van der Waals surface area contributed by atoms with Gasteiger partial charge in [0.1, 0.15) is 11.7 Å². The molecule has 0 bridgehead atoms. The lowest BCUT2D eigenvalue weighted by Gasteiger charge is -2.47. The number of halogens is 4. The molecular formula is C41H43ClF3N7O5. The smallest absolute Gasteiger partial charge is 0.421 e. The number of amides is 2. The van der Waals surface area contributed by atoms with Crippen LogP contribution in [-0.4, -0.2) is 78.1 Å².